The van der Waals surface area contributed by atoms with Gasteiger partial charge in [0, 0.05) is 39.9 Å². The molecule has 180 valence electrons. The molecule has 1 aliphatic rings. The average molecular weight is 477 g/mol. The van der Waals surface area contributed by atoms with Crippen molar-refractivity contribution in [1.29, 1.82) is 0 Å². The van der Waals surface area contributed by atoms with Crippen molar-refractivity contribution in [3.63, 3.8) is 0 Å². The number of hydrogen-bond acceptors (Lipinski definition) is 6. The third kappa shape index (κ3) is 6.00. The second-order valence-electron chi connectivity index (χ2n) is 8.44. The molecule has 10 heteroatoms. The second kappa shape index (κ2) is 10.5. The van der Waals surface area contributed by atoms with Crippen LogP contribution in [0.3, 0.4) is 0 Å². The van der Waals surface area contributed by atoms with Gasteiger partial charge in [-0.15, -0.1) is 0 Å². The third-order valence-electron chi connectivity index (χ3n) is 6.09. The highest BCUT2D eigenvalue weighted by molar-refractivity contribution is 7.89. The smallest absolute Gasteiger partial charge is 0.309 e. The van der Waals surface area contributed by atoms with Crippen molar-refractivity contribution in [2.24, 2.45) is 13.0 Å². The Labute approximate surface area is 195 Å². The number of carbonyl (C=O) groups is 2. The number of hydrogen-bond donors (Lipinski definition) is 0. The number of benzene rings is 1. The highest BCUT2D eigenvalue weighted by Gasteiger charge is 2.34. The van der Waals surface area contributed by atoms with Crippen LogP contribution in [0.5, 0.6) is 0 Å². The van der Waals surface area contributed by atoms with E-state index in [0.29, 0.717) is 25.2 Å². The van der Waals surface area contributed by atoms with Gasteiger partial charge in [-0.05, 0) is 37.3 Å². The van der Waals surface area contributed by atoms with Crippen LogP contribution < -0.4 is 0 Å². The molecule has 0 aliphatic carbocycles. The van der Waals surface area contributed by atoms with Gasteiger partial charge in [-0.25, -0.2) is 13.4 Å². The van der Waals surface area contributed by atoms with Crippen LogP contribution in [0.2, 0.25) is 0 Å². The van der Waals surface area contributed by atoms with Crippen molar-refractivity contribution >= 4 is 21.9 Å². The summed E-state index contributed by atoms with van der Waals surface area (Å²) in [6.45, 7) is 4.35. The minimum Gasteiger partial charge on any atom is -0.455 e. The van der Waals surface area contributed by atoms with Crippen LogP contribution in [-0.4, -0.2) is 65.8 Å². The quantitative estimate of drug-likeness (QED) is 0.539. The summed E-state index contributed by atoms with van der Waals surface area (Å²) >= 11 is 0. The van der Waals surface area contributed by atoms with Crippen LogP contribution in [0.25, 0.3) is 0 Å². The summed E-state index contributed by atoms with van der Waals surface area (Å²) in [6, 6.07) is 8.05. The number of carbonyl (C=O) groups excluding carboxylic acids is 2. The summed E-state index contributed by atoms with van der Waals surface area (Å²) in [7, 11) is -0.282. The number of piperidine rings is 1. The first-order valence-corrected chi connectivity index (χ1v) is 12.5. The largest absolute Gasteiger partial charge is 0.455 e. The lowest BCUT2D eigenvalue weighted by molar-refractivity contribution is -0.156. The Morgan fingerprint density at radius 2 is 1.76 bits per heavy atom. The highest BCUT2D eigenvalue weighted by Crippen LogP contribution is 2.24. The van der Waals surface area contributed by atoms with E-state index in [0.717, 1.165) is 12.0 Å². The van der Waals surface area contributed by atoms with Crippen LogP contribution in [0, 0.1) is 12.8 Å². The Balaban J connectivity index is 1.46. The molecular formula is C23H32N4O5S. The predicted molar refractivity (Wildman–Crippen MR) is 123 cm³/mol. The molecule has 0 unspecified atom stereocenters. The van der Waals surface area contributed by atoms with E-state index in [1.807, 2.05) is 24.3 Å². The topological polar surface area (TPSA) is 102 Å². The number of imidazole rings is 1. The lowest BCUT2D eigenvalue weighted by Gasteiger charge is -2.29. The lowest BCUT2D eigenvalue weighted by atomic mass is 9.98. The molecule has 0 N–H and O–H groups in total. The van der Waals surface area contributed by atoms with E-state index in [1.165, 1.54) is 21.0 Å². The minimum absolute atomic E-state index is 0.0153. The molecule has 0 atom stereocenters. The average Bonchev–Trinajstić information content (AvgIpc) is 3.16. The van der Waals surface area contributed by atoms with Crippen LogP contribution >= 0.6 is 0 Å². The first-order chi connectivity index (χ1) is 15.6. The zero-order valence-electron chi connectivity index (χ0n) is 19.7. The first kappa shape index (κ1) is 24.9. The highest BCUT2D eigenvalue weighted by atomic mass is 32.2. The van der Waals surface area contributed by atoms with Crippen molar-refractivity contribution in [3.8, 4) is 0 Å². The fourth-order valence-corrected chi connectivity index (χ4v) is 5.21. The number of ether oxygens (including phenoxy) is 1. The zero-order valence-corrected chi connectivity index (χ0v) is 20.5. The molecule has 1 saturated heterocycles. The molecule has 1 fully saturated rings. The standard InChI is InChI=1S/C23H32N4O5S/c1-5-18-6-8-19(9-7-18)14-26(4)22(28)16-32-23(29)20-10-12-27(13-11-20)33(30,31)21-15-25(3)17(2)24-21/h6-9,15,20H,5,10-14,16H2,1-4H3. The number of amides is 1. The predicted octanol–water partition coefficient (Wildman–Crippen LogP) is 1.89. The van der Waals surface area contributed by atoms with Gasteiger partial charge >= 0.3 is 5.97 Å². The second-order valence-corrected chi connectivity index (χ2v) is 10.3. The van der Waals surface area contributed by atoms with E-state index in [2.05, 4.69) is 11.9 Å². The number of sulfonamides is 1. The Hall–Kier alpha value is -2.72. The SMILES string of the molecule is CCc1ccc(CN(C)C(=O)COC(=O)C2CCN(S(=O)(=O)c3cn(C)c(C)n3)CC2)cc1. The summed E-state index contributed by atoms with van der Waals surface area (Å²) in [5.74, 6) is -0.565. The molecule has 0 saturated carbocycles. The van der Waals surface area contributed by atoms with Crippen molar-refractivity contribution in [3.05, 3.63) is 47.4 Å². The van der Waals surface area contributed by atoms with E-state index in [1.54, 1.807) is 25.6 Å². The maximum Gasteiger partial charge on any atom is 0.309 e. The van der Waals surface area contributed by atoms with E-state index in [-0.39, 0.29) is 30.6 Å². The molecule has 2 heterocycles. The van der Waals surface area contributed by atoms with Crippen molar-refractivity contribution < 1.29 is 22.7 Å². The molecule has 0 radical (unpaired) electrons. The van der Waals surface area contributed by atoms with Gasteiger partial charge in [0.25, 0.3) is 15.9 Å². The van der Waals surface area contributed by atoms with Crippen LogP contribution in [-0.2, 0) is 44.4 Å². The number of esters is 1. The molecule has 9 nitrogen and oxygen atoms in total. The summed E-state index contributed by atoms with van der Waals surface area (Å²) in [5, 5.41) is 0.0153. The van der Waals surface area contributed by atoms with Crippen LogP contribution in [0.15, 0.2) is 35.5 Å². The van der Waals surface area contributed by atoms with Gasteiger partial charge < -0.3 is 14.2 Å². The van der Waals surface area contributed by atoms with Gasteiger partial charge in [-0.2, -0.15) is 4.31 Å². The van der Waals surface area contributed by atoms with Gasteiger partial charge in [0.15, 0.2) is 11.6 Å². The van der Waals surface area contributed by atoms with E-state index >= 15 is 0 Å². The third-order valence-corrected chi connectivity index (χ3v) is 7.86. The molecule has 0 spiro atoms. The molecule has 2 aromatic rings. The molecule has 1 aromatic carbocycles. The van der Waals surface area contributed by atoms with Gasteiger partial charge in [-0.1, -0.05) is 31.2 Å². The monoisotopic (exact) mass is 476 g/mol. The van der Waals surface area contributed by atoms with E-state index in [4.69, 9.17) is 4.74 Å². The molecular weight excluding hydrogens is 444 g/mol. The summed E-state index contributed by atoms with van der Waals surface area (Å²) in [6.07, 6.45) is 3.14. The number of aryl methyl sites for hydroxylation is 3. The van der Waals surface area contributed by atoms with Gasteiger partial charge in [-0.3, -0.25) is 9.59 Å². The first-order valence-electron chi connectivity index (χ1n) is 11.1. The summed E-state index contributed by atoms with van der Waals surface area (Å²) in [5.41, 5.74) is 2.24. The van der Waals surface area contributed by atoms with Crippen molar-refractivity contribution in [1.82, 2.24) is 18.8 Å². The van der Waals surface area contributed by atoms with Crippen LogP contribution in [0.1, 0.15) is 36.7 Å². The molecule has 3 rings (SSSR count). The number of likely N-dealkylation sites (N-methyl/N-ethyl adjacent to an activating group) is 1. The molecule has 1 aliphatic heterocycles. The minimum atomic E-state index is -3.70. The molecule has 1 aromatic heterocycles. The van der Waals surface area contributed by atoms with Crippen molar-refractivity contribution in [2.45, 2.75) is 44.7 Å². The normalized spacial score (nSPS) is 15.4. The fraction of sp³-hybridized carbons (Fsp3) is 0.522. The van der Waals surface area contributed by atoms with Gasteiger partial charge in [0.05, 0.1) is 5.92 Å². The lowest BCUT2D eigenvalue weighted by Crippen LogP contribution is -2.41. The Kier molecular flexibility index (Phi) is 7.91. The van der Waals surface area contributed by atoms with Crippen molar-refractivity contribution in [2.75, 3.05) is 26.7 Å². The zero-order chi connectivity index (χ0) is 24.2. The number of nitrogens with zero attached hydrogens (tertiary/aromatic N) is 4. The molecule has 33 heavy (non-hydrogen) atoms. The summed E-state index contributed by atoms with van der Waals surface area (Å²) < 4.78 is 33.8. The number of rotatable bonds is 8. The fourth-order valence-electron chi connectivity index (χ4n) is 3.72. The Morgan fingerprint density at radius 3 is 2.30 bits per heavy atom. The number of aromatic nitrogens is 2. The molecule has 0 bridgehead atoms. The van der Waals surface area contributed by atoms with Gasteiger partial charge in [0.2, 0.25) is 0 Å². The Bertz CT molecular complexity index is 1070. The van der Waals surface area contributed by atoms with Gasteiger partial charge in [0.1, 0.15) is 5.82 Å². The molecule has 1 amide bonds. The maximum atomic E-state index is 12.8. The maximum absolute atomic E-state index is 12.8. The van der Waals surface area contributed by atoms with E-state index in [9.17, 15) is 18.0 Å². The van der Waals surface area contributed by atoms with E-state index < -0.39 is 21.9 Å². The van der Waals surface area contributed by atoms with Crippen LogP contribution in [0.4, 0.5) is 0 Å². The summed E-state index contributed by atoms with van der Waals surface area (Å²) in [4.78, 5) is 30.5. The Morgan fingerprint density at radius 1 is 1.15 bits per heavy atom.